The predicted octanol–water partition coefficient (Wildman–Crippen LogP) is 1.23. The van der Waals surface area contributed by atoms with Gasteiger partial charge in [-0.25, -0.2) is 4.98 Å². The third-order valence-corrected chi connectivity index (χ3v) is 5.21. The molecule has 7 nitrogen and oxygen atoms in total. The zero-order valence-corrected chi connectivity index (χ0v) is 11.2. The molecule has 2 heterocycles. The Morgan fingerprint density at radius 2 is 2.44 bits per heavy atom. The van der Waals surface area contributed by atoms with Gasteiger partial charge in [-0.15, -0.1) is 0 Å². The quantitative estimate of drug-likeness (QED) is 0.629. The molecular formula is C9H13N5O2S2. The van der Waals surface area contributed by atoms with Crippen LogP contribution in [0.3, 0.4) is 0 Å². The van der Waals surface area contributed by atoms with Gasteiger partial charge in [-0.05, 0) is 0 Å². The fraction of sp³-hybridized carbons (Fsp3) is 0.556. The minimum absolute atomic E-state index is 0.108. The summed E-state index contributed by atoms with van der Waals surface area (Å²) in [5.74, 6) is 3.68. The molecule has 1 aromatic heterocycles. The summed E-state index contributed by atoms with van der Waals surface area (Å²) in [5.41, 5.74) is 5.23. The van der Waals surface area contributed by atoms with E-state index in [1.807, 2.05) is 23.5 Å². The number of aromatic nitrogens is 2. The van der Waals surface area contributed by atoms with Crippen molar-refractivity contribution in [2.24, 2.45) is 0 Å². The molecule has 3 N–H and O–H groups in total. The van der Waals surface area contributed by atoms with Crippen molar-refractivity contribution in [3.05, 3.63) is 16.3 Å². The Labute approximate surface area is 112 Å². The second-order valence-corrected chi connectivity index (χ2v) is 6.23. The number of rotatable bonds is 4. The topological polar surface area (TPSA) is 107 Å². The van der Waals surface area contributed by atoms with Crippen molar-refractivity contribution in [3.8, 4) is 0 Å². The molecule has 0 amide bonds. The van der Waals surface area contributed by atoms with Crippen molar-refractivity contribution >= 4 is 41.0 Å². The molecule has 0 bridgehead atoms. The lowest BCUT2D eigenvalue weighted by Gasteiger charge is -2.20. The van der Waals surface area contributed by atoms with Crippen LogP contribution in [0.4, 0.5) is 17.5 Å². The summed E-state index contributed by atoms with van der Waals surface area (Å²) < 4.78 is 0. The molecule has 9 heteroatoms. The number of thioether (sulfide) groups is 2. The highest BCUT2D eigenvalue weighted by atomic mass is 32.2. The van der Waals surface area contributed by atoms with Crippen molar-refractivity contribution in [2.75, 3.05) is 34.9 Å². The SMILES string of the molecule is Nc1nc(NCC2CSCCS2)ncc1[N+](=O)[O-]. The number of hydrogen-bond donors (Lipinski definition) is 2. The fourth-order valence-electron chi connectivity index (χ4n) is 1.47. The molecule has 1 aliphatic rings. The fourth-order valence-corrected chi connectivity index (χ4v) is 4.09. The molecule has 0 aliphatic carbocycles. The van der Waals surface area contributed by atoms with E-state index in [1.54, 1.807) is 0 Å². The summed E-state index contributed by atoms with van der Waals surface area (Å²) >= 11 is 3.85. The molecule has 1 fully saturated rings. The van der Waals surface area contributed by atoms with Crippen molar-refractivity contribution in [3.63, 3.8) is 0 Å². The number of nitrogens with two attached hydrogens (primary N) is 1. The van der Waals surface area contributed by atoms with Gasteiger partial charge in [0.15, 0.2) is 0 Å². The minimum atomic E-state index is -0.591. The van der Waals surface area contributed by atoms with Crippen LogP contribution in [0.5, 0.6) is 0 Å². The molecule has 98 valence electrons. The number of nitrogens with one attached hydrogen (secondary N) is 1. The van der Waals surface area contributed by atoms with Crippen LogP contribution < -0.4 is 11.1 Å². The Morgan fingerprint density at radius 3 is 3.06 bits per heavy atom. The first-order valence-electron chi connectivity index (χ1n) is 5.37. The Bertz CT molecular complexity index is 439. The van der Waals surface area contributed by atoms with E-state index in [0.29, 0.717) is 11.2 Å². The standard InChI is InChI=1S/C9H13N5O2S2/c10-8-7(14(15)16)4-12-9(13-8)11-3-6-5-17-1-2-18-6/h4,6H,1-3,5H2,(H3,10,11,12,13). The van der Waals surface area contributed by atoms with E-state index in [9.17, 15) is 10.1 Å². The number of anilines is 2. The smallest absolute Gasteiger partial charge is 0.329 e. The van der Waals surface area contributed by atoms with Crippen molar-refractivity contribution in [1.29, 1.82) is 0 Å². The van der Waals surface area contributed by atoms with Crippen molar-refractivity contribution in [1.82, 2.24) is 9.97 Å². The average molecular weight is 287 g/mol. The largest absolute Gasteiger partial charge is 0.378 e. The molecule has 0 spiro atoms. The lowest BCUT2D eigenvalue weighted by atomic mass is 10.4. The lowest BCUT2D eigenvalue weighted by Crippen LogP contribution is -2.24. The van der Waals surface area contributed by atoms with Gasteiger partial charge in [-0.2, -0.15) is 28.5 Å². The van der Waals surface area contributed by atoms with Crippen LogP contribution in [0.25, 0.3) is 0 Å². The van der Waals surface area contributed by atoms with Crippen LogP contribution in [0.15, 0.2) is 6.20 Å². The normalized spacial score (nSPS) is 19.4. The Kier molecular flexibility index (Phi) is 4.48. The summed E-state index contributed by atoms with van der Waals surface area (Å²) in [6.45, 7) is 0.745. The van der Waals surface area contributed by atoms with E-state index in [4.69, 9.17) is 5.73 Å². The molecule has 1 aliphatic heterocycles. The Morgan fingerprint density at radius 1 is 1.61 bits per heavy atom. The van der Waals surface area contributed by atoms with Gasteiger partial charge in [0.2, 0.25) is 11.8 Å². The number of nitrogens with zero attached hydrogens (tertiary/aromatic N) is 3. The zero-order valence-electron chi connectivity index (χ0n) is 9.54. The van der Waals surface area contributed by atoms with Gasteiger partial charge in [0, 0.05) is 29.1 Å². The van der Waals surface area contributed by atoms with E-state index in [2.05, 4.69) is 15.3 Å². The molecule has 1 unspecified atom stereocenters. The summed E-state index contributed by atoms with van der Waals surface area (Å²) in [5, 5.41) is 14.1. The van der Waals surface area contributed by atoms with Gasteiger partial charge in [-0.1, -0.05) is 0 Å². The molecular weight excluding hydrogens is 274 g/mol. The van der Waals surface area contributed by atoms with Crippen LogP contribution in [0, 0.1) is 10.1 Å². The summed E-state index contributed by atoms with van der Waals surface area (Å²) in [7, 11) is 0. The molecule has 0 aromatic carbocycles. The second-order valence-electron chi connectivity index (χ2n) is 3.67. The van der Waals surface area contributed by atoms with Crippen LogP contribution in [0.2, 0.25) is 0 Å². The molecule has 1 aromatic rings. The maximum atomic E-state index is 10.6. The van der Waals surface area contributed by atoms with Gasteiger partial charge in [0.05, 0.1) is 4.92 Å². The molecule has 0 radical (unpaired) electrons. The average Bonchev–Trinajstić information content (AvgIpc) is 2.37. The minimum Gasteiger partial charge on any atom is -0.378 e. The van der Waals surface area contributed by atoms with Gasteiger partial charge < -0.3 is 11.1 Å². The van der Waals surface area contributed by atoms with Gasteiger partial charge in [0.25, 0.3) is 0 Å². The van der Waals surface area contributed by atoms with Crippen LogP contribution in [-0.2, 0) is 0 Å². The molecule has 1 saturated heterocycles. The highest BCUT2D eigenvalue weighted by molar-refractivity contribution is 8.06. The molecule has 18 heavy (non-hydrogen) atoms. The summed E-state index contributed by atoms with van der Waals surface area (Å²) in [4.78, 5) is 17.7. The van der Waals surface area contributed by atoms with E-state index < -0.39 is 4.92 Å². The summed E-state index contributed by atoms with van der Waals surface area (Å²) in [6.07, 6.45) is 1.13. The first kappa shape index (κ1) is 13.2. The first-order valence-corrected chi connectivity index (χ1v) is 7.57. The maximum Gasteiger partial charge on any atom is 0.329 e. The third kappa shape index (κ3) is 3.39. The highest BCUT2D eigenvalue weighted by Gasteiger charge is 2.16. The zero-order chi connectivity index (χ0) is 13.0. The van der Waals surface area contributed by atoms with Gasteiger partial charge in [-0.3, -0.25) is 10.1 Å². The number of nitro groups is 1. The van der Waals surface area contributed by atoms with Crippen LogP contribution in [-0.4, -0.2) is 43.9 Å². The van der Waals surface area contributed by atoms with E-state index in [-0.39, 0.29) is 11.5 Å². The van der Waals surface area contributed by atoms with E-state index in [1.165, 1.54) is 5.75 Å². The highest BCUT2D eigenvalue weighted by Crippen LogP contribution is 2.24. The molecule has 1 atom stereocenters. The van der Waals surface area contributed by atoms with Gasteiger partial charge >= 0.3 is 5.69 Å². The maximum absolute atomic E-state index is 10.6. The van der Waals surface area contributed by atoms with Crippen LogP contribution >= 0.6 is 23.5 Å². The Balaban J connectivity index is 1.93. The summed E-state index contributed by atoms with van der Waals surface area (Å²) in [6, 6.07) is 0. The Hall–Kier alpha value is -1.22. The third-order valence-electron chi connectivity index (χ3n) is 2.37. The van der Waals surface area contributed by atoms with E-state index in [0.717, 1.165) is 24.2 Å². The van der Waals surface area contributed by atoms with Crippen LogP contribution in [0.1, 0.15) is 0 Å². The predicted molar refractivity (Wildman–Crippen MR) is 75.2 cm³/mol. The molecule has 2 rings (SSSR count). The molecule has 0 saturated carbocycles. The number of nitrogen functional groups attached to an aromatic ring is 1. The number of hydrogen-bond acceptors (Lipinski definition) is 8. The van der Waals surface area contributed by atoms with Crippen molar-refractivity contribution < 1.29 is 4.92 Å². The monoisotopic (exact) mass is 287 g/mol. The van der Waals surface area contributed by atoms with E-state index >= 15 is 0 Å². The van der Waals surface area contributed by atoms with Gasteiger partial charge in [0.1, 0.15) is 6.20 Å². The lowest BCUT2D eigenvalue weighted by molar-refractivity contribution is -0.384. The van der Waals surface area contributed by atoms with Crippen molar-refractivity contribution in [2.45, 2.75) is 5.25 Å². The second kappa shape index (κ2) is 6.10. The first-order chi connectivity index (χ1) is 8.66.